The van der Waals surface area contributed by atoms with Crippen LogP contribution in [0.1, 0.15) is 25.7 Å². The van der Waals surface area contributed by atoms with Gasteiger partial charge in [-0.15, -0.1) is 0 Å². The molecule has 0 saturated carbocycles. The Hall–Kier alpha value is -1.14. The number of ether oxygens (including phenoxy) is 1. The standard InChI is InChI=1S/C12H21N3O3/c1-18-9-4-5-15(8(6-9)7-13)12(17)10-2-3-11(16)14-10/h8-10H,2-7,13H2,1H3,(H,14,16). The molecule has 0 spiro atoms. The molecule has 2 rings (SSSR count). The molecule has 102 valence electrons. The van der Waals surface area contributed by atoms with Gasteiger partial charge in [0.05, 0.1) is 6.10 Å². The third-order valence-corrected chi connectivity index (χ3v) is 3.85. The second kappa shape index (κ2) is 5.67. The van der Waals surface area contributed by atoms with Crippen molar-refractivity contribution in [1.82, 2.24) is 10.2 Å². The second-order valence-corrected chi connectivity index (χ2v) is 4.96. The minimum absolute atomic E-state index is 0.00542. The number of nitrogens with zero attached hydrogens (tertiary/aromatic N) is 1. The summed E-state index contributed by atoms with van der Waals surface area (Å²) in [6, 6.07) is -0.334. The van der Waals surface area contributed by atoms with Crippen molar-refractivity contribution in [2.75, 3.05) is 20.2 Å². The fourth-order valence-electron chi connectivity index (χ4n) is 2.74. The normalized spacial score (nSPS) is 32.4. The SMILES string of the molecule is COC1CCN(C(=O)C2CCC(=O)N2)C(CN)C1. The monoisotopic (exact) mass is 255 g/mol. The number of rotatable bonds is 3. The summed E-state index contributed by atoms with van der Waals surface area (Å²) in [6.45, 7) is 1.10. The van der Waals surface area contributed by atoms with Crippen molar-refractivity contribution < 1.29 is 14.3 Å². The topological polar surface area (TPSA) is 84.7 Å². The Morgan fingerprint density at radius 2 is 2.33 bits per heavy atom. The van der Waals surface area contributed by atoms with Gasteiger partial charge in [0.1, 0.15) is 6.04 Å². The van der Waals surface area contributed by atoms with Gasteiger partial charge in [-0.2, -0.15) is 0 Å². The van der Waals surface area contributed by atoms with Crippen LogP contribution in [0.4, 0.5) is 0 Å². The lowest BCUT2D eigenvalue weighted by Gasteiger charge is -2.39. The summed E-state index contributed by atoms with van der Waals surface area (Å²) in [6.07, 6.45) is 2.83. The Labute approximate surface area is 107 Å². The minimum atomic E-state index is -0.356. The molecule has 2 heterocycles. The van der Waals surface area contributed by atoms with E-state index in [0.717, 1.165) is 12.8 Å². The van der Waals surface area contributed by atoms with Gasteiger partial charge in [-0.05, 0) is 19.3 Å². The van der Waals surface area contributed by atoms with E-state index < -0.39 is 0 Å². The summed E-state index contributed by atoms with van der Waals surface area (Å²) in [7, 11) is 1.69. The number of nitrogens with two attached hydrogens (primary N) is 1. The number of hydrogen-bond donors (Lipinski definition) is 2. The predicted molar refractivity (Wildman–Crippen MR) is 65.8 cm³/mol. The molecule has 3 atom stereocenters. The van der Waals surface area contributed by atoms with Crippen LogP contribution in [0.2, 0.25) is 0 Å². The number of carbonyl (C=O) groups is 2. The molecule has 2 aliphatic heterocycles. The van der Waals surface area contributed by atoms with Crippen molar-refractivity contribution in [2.24, 2.45) is 5.73 Å². The first-order valence-corrected chi connectivity index (χ1v) is 6.48. The van der Waals surface area contributed by atoms with Crippen LogP contribution in [0, 0.1) is 0 Å². The molecular formula is C12H21N3O3. The van der Waals surface area contributed by atoms with Gasteiger partial charge in [0.25, 0.3) is 0 Å². The number of nitrogens with one attached hydrogen (secondary N) is 1. The molecule has 0 bridgehead atoms. The zero-order chi connectivity index (χ0) is 13.1. The smallest absolute Gasteiger partial charge is 0.245 e. The number of likely N-dealkylation sites (tertiary alicyclic amines) is 1. The second-order valence-electron chi connectivity index (χ2n) is 4.96. The van der Waals surface area contributed by atoms with Gasteiger partial charge in [-0.1, -0.05) is 0 Å². The Morgan fingerprint density at radius 3 is 2.89 bits per heavy atom. The molecule has 0 aromatic heterocycles. The summed E-state index contributed by atoms with van der Waals surface area (Å²) in [5, 5.41) is 2.72. The molecule has 18 heavy (non-hydrogen) atoms. The molecule has 2 fully saturated rings. The average Bonchev–Trinajstić information content (AvgIpc) is 2.83. The van der Waals surface area contributed by atoms with E-state index in [1.54, 1.807) is 7.11 Å². The van der Waals surface area contributed by atoms with Gasteiger partial charge >= 0.3 is 0 Å². The first-order valence-electron chi connectivity index (χ1n) is 6.48. The zero-order valence-corrected chi connectivity index (χ0v) is 10.7. The number of carbonyl (C=O) groups excluding carboxylic acids is 2. The van der Waals surface area contributed by atoms with Crippen molar-refractivity contribution in [1.29, 1.82) is 0 Å². The number of amides is 2. The highest BCUT2D eigenvalue weighted by Crippen LogP contribution is 2.21. The van der Waals surface area contributed by atoms with Crippen LogP contribution in [-0.2, 0) is 14.3 Å². The van der Waals surface area contributed by atoms with Gasteiger partial charge < -0.3 is 20.7 Å². The molecule has 0 radical (unpaired) electrons. The van der Waals surface area contributed by atoms with Crippen molar-refractivity contribution in [3.63, 3.8) is 0 Å². The van der Waals surface area contributed by atoms with Crippen molar-refractivity contribution in [2.45, 2.75) is 43.9 Å². The molecule has 2 aliphatic rings. The summed E-state index contributed by atoms with van der Waals surface area (Å²) in [4.78, 5) is 25.3. The zero-order valence-electron chi connectivity index (χ0n) is 10.7. The molecule has 3 N–H and O–H groups in total. The Kier molecular flexibility index (Phi) is 4.19. The number of methoxy groups -OCH3 is 1. The predicted octanol–water partition coefficient (Wildman–Crippen LogP) is -0.770. The van der Waals surface area contributed by atoms with Crippen LogP contribution in [0.3, 0.4) is 0 Å². The molecule has 6 nitrogen and oxygen atoms in total. The molecule has 0 aromatic carbocycles. The van der Waals surface area contributed by atoms with E-state index in [1.807, 2.05) is 4.90 Å². The molecule has 3 unspecified atom stereocenters. The quantitative estimate of drug-likeness (QED) is 0.693. The molecular weight excluding hydrogens is 234 g/mol. The molecule has 2 amide bonds. The number of piperidine rings is 1. The maximum Gasteiger partial charge on any atom is 0.245 e. The van der Waals surface area contributed by atoms with Crippen molar-refractivity contribution in [3.8, 4) is 0 Å². The summed E-state index contributed by atoms with van der Waals surface area (Å²) in [5.74, 6) is -0.0321. The third kappa shape index (κ3) is 2.64. The van der Waals surface area contributed by atoms with E-state index in [0.29, 0.717) is 25.9 Å². The van der Waals surface area contributed by atoms with E-state index in [9.17, 15) is 9.59 Å². The van der Waals surface area contributed by atoms with Crippen LogP contribution >= 0.6 is 0 Å². The number of hydrogen-bond acceptors (Lipinski definition) is 4. The largest absolute Gasteiger partial charge is 0.381 e. The maximum absolute atomic E-state index is 12.3. The van der Waals surface area contributed by atoms with E-state index in [2.05, 4.69) is 5.32 Å². The first kappa shape index (κ1) is 13.3. The van der Waals surface area contributed by atoms with Gasteiger partial charge in [0, 0.05) is 32.7 Å². The fraction of sp³-hybridized carbons (Fsp3) is 0.833. The van der Waals surface area contributed by atoms with Gasteiger partial charge in [-0.25, -0.2) is 0 Å². The van der Waals surface area contributed by atoms with Crippen LogP contribution in [0.25, 0.3) is 0 Å². The van der Waals surface area contributed by atoms with Gasteiger partial charge in [-0.3, -0.25) is 9.59 Å². The average molecular weight is 255 g/mol. The van der Waals surface area contributed by atoms with Crippen LogP contribution in [0.15, 0.2) is 0 Å². The lowest BCUT2D eigenvalue weighted by molar-refractivity contribution is -0.139. The highest BCUT2D eigenvalue weighted by atomic mass is 16.5. The Balaban J connectivity index is 1.98. The fourth-order valence-corrected chi connectivity index (χ4v) is 2.74. The maximum atomic E-state index is 12.3. The molecule has 0 aromatic rings. The highest BCUT2D eigenvalue weighted by molar-refractivity contribution is 5.91. The van der Waals surface area contributed by atoms with Crippen LogP contribution in [-0.4, -0.2) is 55.1 Å². The van der Waals surface area contributed by atoms with Crippen molar-refractivity contribution >= 4 is 11.8 Å². The summed E-state index contributed by atoms with van der Waals surface area (Å²) < 4.78 is 5.33. The van der Waals surface area contributed by atoms with Crippen LogP contribution in [0.5, 0.6) is 0 Å². The third-order valence-electron chi connectivity index (χ3n) is 3.85. The summed E-state index contributed by atoms with van der Waals surface area (Å²) >= 11 is 0. The minimum Gasteiger partial charge on any atom is -0.381 e. The molecule has 2 saturated heterocycles. The van der Waals surface area contributed by atoms with E-state index in [1.165, 1.54) is 0 Å². The van der Waals surface area contributed by atoms with E-state index in [-0.39, 0.29) is 30.0 Å². The molecule has 6 heteroatoms. The molecule has 0 aliphatic carbocycles. The lowest BCUT2D eigenvalue weighted by atomic mass is 9.98. The van der Waals surface area contributed by atoms with Crippen LogP contribution < -0.4 is 11.1 Å². The van der Waals surface area contributed by atoms with Crippen molar-refractivity contribution in [3.05, 3.63) is 0 Å². The summed E-state index contributed by atoms with van der Waals surface area (Å²) in [5.41, 5.74) is 5.74. The van der Waals surface area contributed by atoms with E-state index >= 15 is 0 Å². The van der Waals surface area contributed by atoms with E-state index in [4.69, 9.17) is 10.5 Å². The Bertz CT molecular complexity index is 335. The van der Waals surface area contributed by atoms with Gasteiger partial charge in [0.15, 0.2) is 0 Å². The Morgan fingerprint density at radius 1 is 1.56 bits per heavy atom. The highest BCUT2D eigenvalue weighted by Gasteiger charge is 2.36. The van der Waals surface area contributed by atoms with Gasteiger partial charge in [0.2, 0.25) is 11.8 Å². The lowest BCUT2D eigenvalue weighted by Crippen LogP contribution is -2.55. The first-order chi connectivity index (χ1) is 8.65.